The van der Waals surface area contributed by atoms with Crippen LogP contribution in [-0.4, -0.2) is 23.8 Å². The lowest BCUT2D eigenvalue weighted by Gasteiger charge is -2.33. The number of allylic oxidation sites excluding steroid dienone is 1. The highest BCUT2D eigenvalue weighted by molar-refractivity contribution is 4.82. The van der Waals surface area contributed by atoms with Crippen LogP contribution in [0.15, 0.2) is 12.7 Å². The Bertz CT molecular complexity index is 179. The van der Waals surface area contributed by atoms with Crippen LogP contribution in [0.2, 0.25) is 0 Å². The van der Waals surface area contributed by atoms with Crippen LogP contribution in [0.4, 0.5) is 0 Å². The fourth-order valence-corrected chi connectivity index (χ4v) is 1.45. The molecule has 0 bridgehead atoms. The third-order valence-electron chi connectivity index (χ3n) is 3.47. The highest BCUT2D eigenvalue weighted by Crippen LogP contribution is 2.24. The molecule has 0 aromatic rings. The van der Waals surface area contributed by atoms with Crippen molar-refractivity contribution in [1.82, 2.24) is 5.32 Å². The minimum absolute atomic E-state index is 0.0115. The molecule has 0 aromatic carbocycles. The average molecular weight is 213 g/mol. The summed E-state index contributed by atoms with van der Waals surface area (Å²) in [6.45, 7) is 12.9. The maximum atomic E-state index is 9.70. The number of nitrogens with one attached hydrogen (secondary N) is 1. The van der Waals surface area contributed by atoms with Crippen LogP contribution < -0.4 is 5.32 Å². The maximum Gasteiger partial charge on any atom is 0.0577 e. The van der Waals surface area contributed by atoms with E-state index in [0.29, 0.717) is 6.04 Å². The number of aliphatic hydroxyl groups is 1. The third kappa shape index (κ3) is 5.33. The summed E-state index contributed by atoms with van der Waals surface area (Å²) in [6.07, 6.45) is 4.84. The summed E-state index contributed by atoms with van der Waals surface area (Å²) < 4.78 is 0. The van der Waals surface area contributed by atoms with Gasteiger partial charge in [0.05, 0.1) is 6.10 Å². The van der Waals surface area contributed by atoms with Gasteiger partial charge < -0.3 is 10.4 Å². The van der Waals surface area contributed by atoms with Gasteiger partial charge in [-0.25, -0.2) is 0 Å². The highest BCUT2D eigenvalue weighted by Gasteiger charge is 2.27. The van der Waals surface area contributed by atoms with E-state index in [0.717, 1.165) is 25.8 Å². The predicted molar refractivity (Wildman–Crippen MR) is 67.0 cm³/mol. The summed E-state index contributed by atoms with van der Waals surface area (Å²) in [5, 5.41) is 13.2. The predicted octanol–water partition coefficient (Wildman–Crippen LogP) is 2.73. The second-order valence-electron chi connectivity index (χ2n) is 4.83. The van der Waals surface area contributed by atoms with E-state index in [4.69, 9.17) is 0 Å². The molecule has 2 heteroatoms. The molecule has 2 nitrogen and oxygen atoms in total. The van der Waals surface area contributed by atoms with Gasteiger partial charge in [-0.1, -0.05) is 19.9 Å². The molecule has 0 fully saturated rings. The zero-order valence-corrected chi connectivity index (χ0v) is 10.7. The molecule has 15 heavy (non-hydrogen) atoms. The fourth-order valence-electron chi connectivity index (χ4n) is 1.45. The molecule has 0 aliphatic rings. The molecule has 0 radical (unpaired) electrons. The van der Waals surface area contributed by atoms with Crippen molar-refractivity contribution in [2.75, 3.05) is 6.54 Å². The van der Waals surface area contributed by atoms with Crippen molar-refractivity contribution in [3.63, 3.8) is 0 Å². The Morgan fingerprint density at radius 1 is 1.47 bits per heavy atom. The number of hydrogen-bond donors (Lipinski definition) is 2. The molecule has 0 aliphatic heterocycles. The number of hydrogen-bond acceptors (Lipinski definition) is 2. The minimum Gasteiger partial charge on any atom is -0.393 e. The van der Waals surface area contributed by atoms with Crippen molar-refractivity contribution in [3.05, 3.63) is 12.7 Å². The Labute approximate surface area is 94.8 Å². The van der Waals surface area contributed by atoms with Crippen LogP contribution in [0, 0.1) is 5.41 Å². The van der Waals surface area contributed by atoms with Crippen LogP contribution in [0.1, 0.15) is 47.0 Å². The fraction of sp³-hybridized carbons (Fsp3) is 0.846. The third-order valence-corrected chi connectivity index (χ3v) is 3.47. The quantitative estimate of drug-likeness (QED) is 0.608. The van der Waals surface area contributed by atoms with Crippen molar-refractivity contribution in [3.8, 4) is 0 Å². The van der Waals surface area contributed by atoms with Crippen LogP contribution in [-0.2, 0) is 0 Å². The number of aliphatic hydroxyl groups excluding tert-OH is 1. The first-order chi connectivity index (χ1) is 6.96. The Morgan fingerprint density at radius 2 is 2.07 bits per heavy atom. The van der Waals surface area contributed by atoms with Gasteiger partial charge in [0.15, 0.2) is 0 Å². The summed E-state index contributed by atoms with van der Waals surface area (Å²) in [5.74, 6) is 0. The van der Waals surface area contributed by atoms with Gasteiger partial charge in [0.2, 0.25) is 0 Å². The lowest BCUT2D eigenvalue weighted by molar-refractivity contribution is 0.0472. The van der Waals surface area contributed by atoms with Crippen molar-refractivity contribution < 1.29 is 5.11 Å². The largest absolute Gasteiger partial charge is 0.393 e. The van der Waals surface area contributed by atoms with Crippen molar-refractivity contribution >= 4 is 0 Å². The lowest BCUT2D eigenvalue weighted by atomic mass is 9.82. The molecular weight excluding hydrogens is 186 g/mol. The molecule has 0 rings (SSSR count). The van der Waals surface area contributed by atoms with E-state index in [-0.39, 0.29) is 11.5 Å². The van der Waals surface area contributed by atoms with Gasteiger partial charge >= 0.3 is 0 Å². The van der Waals surface area contributed by atoms with Gasteiger partial charge in [0, 0.05) is 18.0 Å². The Balaban J connectivity index is 3.94. The molecular formula is C13H27NO. The minimum atomic E-state index is -0.262. The smallest absolute Gasteiger partial charge is 0.0577 e. The van der Waals surface area contributed by atoms with E-state index in [1.54, 1.807) is 0 Å². The Morgan fingerprint density at radius 3 is 2.47 bits per heavy atom. The van der Waals surface area contributed by atoms with E-state index in [1.165, 1.54) is 0 Å². The molecule has 0 saturated heterocycles. The molecule has 0 spiro atoms. The molecule has 0 aliphatic carbocycles. The molecule has 3 unspecified atom stereocenters. The average Bonchev–Trinajstić information content (AvgIpc) is 2.22. The topological polar surface area (TPSA) is 32.3 Å². The summed E-state index contributed by atoms with van der Waals surface area (Å²) in [5.41, 5.74) is -0.0115. The first kappa shape index (κ1) is 14.7. The highest BCUT2D eigenvalue weighted by atomic mass is 16.3. The Kier molecular flexibility index (Phi) is 6.86. The molecule has 3 atom stereocenters. The lowest BCUT2D eigenvalue weighted by Crippen LogP contribution is -2.42. The molecule has 90 valence electrons. The van der Waals surface area contributed by atoms with Gasteiger partial charge in [0.25, 0.3) is 0 Å². The van der Waals surface area contributed by atoms with E-state index >= 15 is 0 Å². The monoisotopic (exact) mass is 213 g/mol. The van der Waals surface area contributed by atoms with Crippen LogP contribution >= 0.6 is 0 Å². The second-order valence-corrected chi connectivity index (χ2v) is 4.83. The van der Waals surface area contributed by atoms with E-state index in [1.807, 2.05) is 13.0 Å². The first-order valence-corrected chi connectivity index (χ1v) is 5.98. The van der Waals surface area contributed by atoms with Crippen molar-refractivity contribution in [2.45, 2.75) is 59.1 Å². The zero-order valence-electron chi connectivity index (χ0n) is 10.7. The first-order valence-electron chi connectivity index (χ1n) is 5.98. The summed E-state index contributed by atoms with van der Waals surface area (Å²) in [6, 6.07) is 0.493. The molecule has 0 aromatic heterocycles. The number of rotatable bonds is 8. The van der Waals surface area contributed by atoms with Crippen LogP contribution in [0.25, 0.3) is 0 Å². The van der Waals surface area contributed by atoms with Gasteiger partial charge in [-0.3, -0.25) is 0 Å². The molecule has 2 N–H and O–H groups in total. The van der Waals surface area contributed by atoms with Gasteiger partial charge in [-0.15, -0.1) is 6.58 Å². The second kappa shape index (κ2) is 7.02. The van der Waals surface area contributed by atoms with E-state index in [2.05, 4.69) is 32.7 Å². The van der Waals surface area contributed by atoms with Crippen LogP contribution in [0.3, 0.4) is 0 Å². The summed E-state index contributed by atoms with van der Waals surface area (Å²) in [4.78, 5) is 0. The summed E-state index contributed by atoms with van der Waals surface area (Å²) >= 11 is 0. The SMILES string of the molecule is C=CCCC(C)NCC(C)(CC)C(C)O. The Hall–Kier alpha value is -0.340. The maximum absolute atomic E-state index is 9.70. The normalized spacial score (nSPS) is 19.3. The summed E-state index contributed by atoms with van der Waals surface area (Å²) in [7, 11) is 0. The van der Waals surface area contributed by atoms with Crippen molar-refractivity contribution in [1.29, 1.82) is 0 Å². The molecule has 0 amide bonds. The van der Waals surface area contributed by atoms with E-state index < -0.39 is 0 Å². The van der Waals surface area contributed by atoms with Gasteiger partial charge in [-0.05, 0) is 33.1 Å². The van der Waals surface area contributed by atoms with Crippen molar-refractivity contribution in [2.24, 2.45) is 5.41 Å². The van der Waals surface area contributed by atoms with Gasteiger partial charge in [-0.2, -0.15) is 0 Å². The molecule has 0 heterocycles. The zero-order chi connectivity index (χ0) is 11.9. The standard InChI is InChI=1S/C13H27NO/c1-6-8-9-11(3)14-10-13(5,7-2)12(4)15/h6,11-12,14-15H,1,7-10H2,2-5H3. The molecule has 0 saturated carbocycles. The van der Waals surface area contributed by atoms with Crippen LogP contribution in [0.5, 0.6) is 0 Å². The van der Waals surface area contributed by atoms with E-state index in [9.17, 15) is 5.11 Å². The van der Waals surface area contributed by atoms with Gasteiger partial charge in [0.1, 0.15) is 0 Å².